The number of rotatable bonds is 7. The molecule has 1 fully saturated rings. The summed E-state index contributed by atoms with van der Waals surface area (Å²) in [5, 5.41) is 5.02. The standard InChI is InChI=1S/C17H21F2N3O3/c18-12-5-6-13(14(19)10-12)17(25)20-7-3-4-15(23)21-11-16(24)22-8-1-2-9-22/h5-6,10H,1-4,7-9,11H2,(H,20,25)(H,21,23). The first-order valence-electron chi connectivity index (χ1n) is 8.25. The molecule has 1 aromatic rings. The molecule has 0 aliphatic carbocycles. The number of hydrogen-bond donors (Lipinski definition) is 2. The van der Waals surface area contributed by atoms with Gasteiger partial charge >= 0.3 is 0 Å². The van der Waals surface area contributed by atoms with Crippen molar-refractivity contribution in [2.45, 2.75) is 25.7 Å². The van der Waals surface area contributed by atoms with E-state index in [9.17, 15) is 23.2 Å². The molecule has 1 aliphatic heterocycles. The Balaban J connectivity index is 1.62. The molecule has 1 aliphatic rings. The van der Waals surface area contributed by atoms with Gasteiger partial charge in [0.2, 0.25) is 11.8 Å². The number of nitrogens with zero attached hydrogens (tertiary/aromatic N) is 1. The summed E-state index contributed by atoms with van der Waals surface area (Å²) < 4.78 is 26.2. The molecule has 0 bridgehead atoms. The van der Waals surface area contributed by atoms with Crippen molar-refractivity contribution in [2.75, 3.05) is 26.2 Å². The highest BCUT2D eigenvalue weighted by atomic mass is 19.1. The van der Waals surface area contributed by atoms with E-state index in [1.54, 1.807) is 4.90 Å². The first-order chi connectivity index (χ1) is 12.0. The van der Waals surface area contributed by atoms with Crippen LogP contribution in [0.1, 0.15) is 36.0 Å². The van der Waals surface area contributed by atoms with Crippen LogP contribution in [0.2, 0.25) is 0 Å². The molecule has 1 heterocycles. The van der Waals surface area contributed by atoms with Gasteiger partial charge in [-0.3, -0.25) is 14.4 Å². The molecule has 25 heavy (non-hydrogen) atoms. The lowest BCUT2D eigenvalue weighted by Crippen LogP contribution is -2.38. The van der Waals surface area contributed by atoms with E-state index in [0.29, 0.717) is 12.5 Å². The van der Waals surface area contributed by atoms with E-state index in [1.165, 1.54) is 0 Å². The van der Waals surface area contributed by atoms with Crippen molar-refractivity contribution in [1.29, 1.82) is 0 Å². The molecule has 2 rings (SSSR count). The van der Waals surface area contributed by atoms with E-state index in [4.69, 9.17) is 0 Å². The predicted octanol–water partition coefficient (Wildman–Crippen LogP) is 1.21. The summed E-state index contributed by atoms with van der Waals surface area (Å²) in [6.45, 7) is 1.62. The van der Waals surface area contributed by atoms with Crippen molar-refractivity contribution < 1.29 is 23.2 Å². The molecule has 6 nitrogen and oxygen atoms in total. The fourth-order valence-corrected chi connectivity index (χ4v) is 2.56. The van der Waals surface area contributed by atoms with Crippen molar-refractivity contribution in [3.63, 3.8) is 0 Å². The molecule has 2 N–H and O–H groups in total. The molecule has 0 spiro atoms. The van der Waals surface area contributed by atoms with Crippen LogP contribution in [0.15, 0.2) is 18.2 Å². The van der Waals surface area contributed by atoms with Crippen LogP contribution < -0.4 is 10.6 Å². The van der Waals surface area contributed by atoms with Crippen LogP contribution in [0.25, 0.3) is 0 Å². The normalized spacial score (nSPS) is 13.6. The van der Waals surface area contributed by atoms with E-state index in [2.05, 4.69) is 10.6 Å². The first-order valence-corrected chi connectivity index (χ1v) is 8.25. The van der Waals surface area contributed by atoms with Gasteiger partial charge in [-0.25, -0.2) is 8.78 Å². The van der Waals surface area contributed by atoms with Gasteiger partial charge in [-0.05, 0) is 31.4 Å². The van der Waals surface area contributed by atoms with E-state index < -0.39 is 17.5 Å². The Bertz CT molecular complexity index is 646. The van der Waals surface area contributed by atoms with Gasteiger partial charge in [-0.2, -0.15) is 0 Å². The smallest absolute Gasteiger partial charge is 0.254 e. The van der Waals surface area contributed by atoms with Crippen LogP contribution in [-0.2, 0) is 9.59 Å². The molecule has 0 saturated carbocycles. The molecule has 1 aromatic carbocycles. The van der Waals surface area contributed by atoms with Gasteiger partial charge < -0.3 is 15.5 Å². The van der Waals surface area contributed by atoms with Crippen LogP contribution >= 0.6 is 0 Å². The number of carbonyl (C=O) groups is 3. The largest absolute Gasteiger partial charge is 0.352 e. The quantitative estimate of drug-likeness (QED) is 0.724. The second-order valence-electron chi connectivity index (χ2n) is 5.85. The van der Waals surface area contributed by atoms with Crippen LogP contribution in [0.5, 0.6) is 0 Å². The number of nitrogens with one attached hydrogen (secondary N) is 2. The zero-order valence-corrected chi connectivity index (χ0v) is 13.8. The number of carbonyl (C=O) groups excluding carboxylic acids is 3. The number of benzene rings is 1. The van der Waals surface area contributed by atoms with Crippen LogP contribution in [0.4, 0.5) is 8.78 Å². The van der Waals surface area contributed by atoms with Crippen LogP contribution in [0.3, 0.4) is 0 Å². The number of halogens is 2. The summed E-state index contributed by atoms with van der Waals surface area (Å²) in [5.74, 6) is -2.73. The second-order valence-corrected chi connectivity index (χ2v) is 5.85. The van der Waals surface area contributed by atoms with E-state index in [0.717, 1.165) is 38.1 Å². The third-order valence-corrected chi connectivity index (χ3v) is 3.94. The molecule has 136 valence electrons. The Kier molecular flexibility index (Phi) is 6.85. The molecule has 0 unspecified atom stereocenters. The molecule has 0 aromatic heterocycles. The van der Waals surface area contributed by atoms with Crippen LogP contribution in [0, 0.1) is 11.6 Å². The van der Waals surface area contributed by atoms with Crippen molar-refractivity contribution in [2.24, 2.45) is 0 Å². The lowest BCUT2D eigenvalue weighted by molar-refractivity contribution is -0.132. The molecule has 0 radical (unpaired) electrons. The maximum Gasteiger partial charge on any atom is 0.254 e. The summed E-state index contributed by atoms with van der Waals surface area (Å²) in [4.78, 5) is 36.9. The minimum Gasteiger partial charge on any atom is -0.352 e. The third kappa shape index (κ3) is 5.81. The maximum atomic E-state index is 13.4. The van der Waals surface area contributed by atoms with Crippen molar-refractivity contribution in [1.82, 2.24) is 15.5 Å². The van der Waals surface area contributed by atoms with Crippen molar-refractivity contribution in [3.8, 4) is 0 Å². The average molecular weight is 353 g/mol. The Morgan fingerprint density at radius 1 is 1.08 bits per heavy atom. The summed E-state index contributed by atoms with van der Waals surface area (Å²) in [7, 11) is 0. The molecule has 8 heteroatoms. The number of likely N-dealkylation sites (tertiary alicyclic amines) is 1. The highest BCUT2D eigenvalue weighted by Crippen LogP contribution is 2.09. The van der Waals surface area contributed by atoms with Crippen molar-refractivity contribution >= 4 is 17.7 Å². The average Bonchev–Trinajstić information content (AvgIpc) is 3.11. The topological polar surface area (TPSA) is 78.5 Å². The van der Waals surface area contributed by atoms with Gasteiger partial charge in [0.25, 0.3) is 5.91 Å². The van der Waals surface area contributed by atoms with Crippen LogP contribution in [-0.4, -0.2) is 48.8 Å². The number of hydrogen-bond acceptors (Lipinski definition) is 3. The molecule has 0 atom stereocenters. The molecule has 1 saturated heterocycles. The minimum atomic E-state index is -0.935. The fraction of sp³-hybridized carbons (Fsp3) is 0.471. The Hall–Kier alpha value is -2.51. The second kappa shape index (κ2) is 9.10. The van der Waals surface area contributed by atoms with E-state index >= 15 is 0 Å². The zero-order chi connectivity index (χ0) is 18.2. The monoisotopic (exact) mass is 353 g/mol. The zero-order valence-electron chi connectivity index (χ0n) is 13.8. The van der Waals surface area contributed by atoms with Gasteiger partial charge in [0.15, 0.2) is 0 Å². The predicted molar refractivity (Wildman–Crippen MR) is 86.7 cm³/mol. The van der Waals surface area contributed by atoms with Gasteiger partial charge in [-0.15, -0.1) is 0 Å². The lowest BCUT2D eigenvalue weighted by atomic mass is 10.2. The molecule has 3 amide bonds. The summed E-state index contributed by atoms with van der Waals surface area (Å²) in [5.41, 5.74) is -0.248. The fourth-order valence-electron chi connectivity index (χ4n) is 2.56. The summed E-state index contributed by atoms with van der Waals surface area (Å²) in [6, 6.07) is 2.71. The van der Waals surface area contributed by atoms with E-state index in [1.807, 2.05) is 0 Å². The van der Waals surface area contributed by atoms with Crippen molar-refractivity contribution in [3.05, 3.63) is 35.4 Å². The summed E-state index contributed by atoms with van der Waals surface area (Å²) >= 11 is 0. The summed E-state index contributed by atoms with van der Waals surface area (Å²) in [6.07, 6.45) is 2.47. The lowest BCUT2D eigenvalue weighted by Gasteiger charge is -2.15. The minimum absolute atomic E-state index is 0.0218. The highest BCUT2D eigenvalue weighted by molar-refractivity contribution is 5.94. The first kappa shape index (κ1) is 18.8. The Morgan fingerprint density at radius 2 is 1.80 bits per heavy atom. The molecular weight excluding hydrogens is 332 g/mol. The number of amides is 3. The Labute approximate surface area is 144 Å². The SMILES string of the molecule is O=C(CCCNC(=O)c1ccc(F)cc1F)NCC(=O)N1CCCC1. The maximum absolute atomic E-state index is 13.4. The van der Waals surface area contributed by atoms with Gasteiger partial charge in [-0.1, -0.05) is 0 Å². The van der Waals surface area contributed by atoms with Gasteiger partial charge in [0.05, 0.1) is 12.1 Å². The van der Waals surface area contributed by atoms with Gasteiger partial charge in [0.1, 0.15) is 11.6 Å². The molecular formula is C17H21F2N3O3. The highest BCUT2D eigenvalue weighted by Gasteiger charge is 2.18. The third-order valence-electron chi connectivity index (χ3n) is 3.94. The van der Waals surface area contributed by atoms with Gasteiger partial charge in [0, 0.05) is 32.1 Å². The van der Waals surface area contributed by atoms with E-state index in [-0.39, 0.29) is 36.9 Å². The Morgan fingerprint density at radius 3 is 2.48 bits per heavy atom.